The molecule has 1 saturated heterocycles. The van der Waals surface area contributed by atoms with Crippen molar-refractivity contribution in [2.75, 3.05) is 6.54 Å². The lowest BCUT2D eigenvalue weighted by molar-refractivity contribution is -0.135. The average molecular weight is 399 g/mol. The lowest BCUT2D eigenvalue weighted by Crippen LogP contribution is -2.51. The number of rotatable bonds is 4. The van der Waals surface area contributed by atoms with Crippen LogP contribution in [0.2, 0.25) is 0 Å². The maximum Gasteiger partial charge on any atom is 0.325 e. The minimum Gasteiger partial charge on any atom is -0.323 e. The van der Waals surface area contributed by atoms with Crippen LogP contribution in [0.3, 0.4) is 0 Å². The molecule has 1 aliphatic heterocycles. The van der Waals surface area contributed by atoms with E-state index in [-0.39, 0.29) is 12.8 Å². The van der Waals surface area contributed by atoms with Gasteiger partial charge in [-0.05, 0) is 25.0 Å². The molecular formula is C21H19F2N3O3. The Morgan fingerprint density at radius 2 is 1.72 bits per heavy atom. The quantitative estimate of drug-likeness (QED) is 0.631. The van der Waals surface area contributed by atoms with Gasteiger partial charge in [0.05, 0.1) is 12.2 Å². The molecule has 2 heterocycles. The molecule has 0 unspecified atom stereocenters. The second-order valence-electron chi connectivity index (χ2n) is 7.48. The maximum atomic E-state index is 13.5. The van der Waals surface area contributed by atoms with Crippen LogP contribution >= 0.6 is 0 Å². The zero-order valence-corrected chi connectivity index (χ0v) is 15.5. The fourth-order valence-corrected chi connectivity index (χ4v) is 3.80. The van der Waals surface area contributed by atoms with E-state index < -0.39 is 48.6 Å². The molecule has 1 aromatic heterocycles. The zero-order valence-electron chi connectivity index (χ0n) is 15.5. The minimum atomic E-state index is -2.82. The average Bonchev–Trinajstić information content (AvgIpc) is 2.95. The first-order valence-electron chi connectivity index (χ1n) is 9.36. The van der Waals surface area contributed by atoms with Crippen molar-refractivity contribution >= 4 is 17.7 Å². The van der Waals surface area contributed by atoms with E-state index in [1.807, 2.05) is 12.1 Å². The SMILES string of the molecule is O=C(CN1C(=O)NC2(CCC(F)(F)CC2)C1=O)c1ccc(-c2ccccn2)cc1. The van der Waals surface area contributed by atoms with Gasteiger partial charge in [0.25, 0.3) is 5.91 Å². The molecule has 0 bridgehead atoms. The van der Waals surface area contributed by atoms with Gasteiger partial charge in [-0.1, -0.05) is 30.3 Å². The molecule has 1 N–H and O–H groups in total. The number of nitrogens with zero attached hydrogens (tertiary/aromatic N) is 2. The Labute approximate surface area is 165 Å². The van der Waals surface area contributed by atoms with Gasteiger partial charge in [0.2, 0.25) is 5.92 Å². The Bertz CT molecular complexity index is 951. The normalized spacial score (nSPS) is 20.0. The summed E-state index contributed by atoms with van der Waals surface area (Å²) in [5, 5.41) is 2.54. The highest BCUT2D eigenvalue weighted by Gasteiger charge is 2.55. The standard InChI is InChI=1S/C21H19F2N3O3/c22-21(23)10-8-20(9-11-21)18(28)26(19(29)25-20)13-17(27)15-6-4-14(5-7-15)16-3-1-2-12-24-16/h1-7,12H,8-11,13H2,(H,25,29). The van der Waals surface area contributed by atoms with Gasteiger partial charge in [-0.15, -0.1) is 0 Å². The monoisotopic (exact) mass is 399 g/mol. The number of hydrogen-bond acceptors (Lipinski definition) is 4. The molecule has 150 valence electrons. The number of urea groups is 1. The fourth-order valence-electron chi connectivity index (χ4n) is 3.80. The third-order valence-electron chi connectivity index (χ3n) is 5.55. The molecular weight excluding hydrogens is 380 g/mol. The van der Waals surface area contributed by atoms with Crippen molar-refractivity contribution in [3.05, 3.63) is 54.2 Å². The van der Waals surface area contributed by atoms with E-state index in [1.165, 1.54) is 0 Å². The van der Waals surface area contributed by atoms with Gasteiger partial charge in [-0.3, -0.25) is 19.5 Å². The third-order valence-corrected chi connectivity index (χ3v) is 5.55. The molecule has 1 aliphatic carbocycles. The molecule has 29 heavy (non-hydrogen) atoms. The van der Waals surface area contributed by atoms with Crippen LogP contribution in [0.25, 0.3) is 11.3 Å². The second-order valence-corrected chi connectivity index (χ2v) is 7.48. The summed E-state index contributed by atoms with van der Waals surface area (Å²) in [5.41, 5.74) is 0.624. The summed E-state index contributed by atoms with van der Waals surface area (Å²) in [4.78, 5) is 42.7. The Hall–Kier alpha value is -3.16. The first kappa shape index (κ1) is 19.2. The zero-order chi connectivity index (χ0) is 20.6. The molecule has 1 spiro atoms. The summed E-state index contributed by atoms with van der Waals surface area (Å²) in [5.74, 6) is -3.83. The molecule has 4 rings (SSSR count). The van der Waals surface area contributed by atoms with Gasteiger partial charge >= 0.3 is 6.03 Å². The molecule has 0 atom stereocenters. The van der Waals surface area contributed by atoms with Crippen LogP contribution in [0, 0.1) is 0 Å². The largest absolute Gasteiger partial charge is 0.325 e. The van der Waals surface area contributed by atoms with Crippen LogP contribution in [-0.2, 0) is 4.79 Å². The molecule has 2 aliphatic rings. The summed E-state index contributed by atoms with van der Waals surface area (Å²) in [6, 6.07) is 11.5. The first-order valence-corrected chi connectivity index (χ1v) is 9.36. The number of nitrogens with one attached hydrogen (secondary N) is 1. The number of ketones is 1. The van der Waals surface area contributed by atoms with Crippen molar-refractivity contribution in [1.82, 2.24) is 15.2 Å². The number of alkyl halides is 2. The van der Waals surface area contributed by atoms with Crippen molar-refractivity contribution in [3.8, 4) is 11.3 Å². The number of benzene rings is 1. The van der Waals surface area contributed by atoms with E-state index in [2.05, 4.69) is 10.3 Å². The summed E-state index contributed by atoms with van der Waals surface area (Å²) < 4.78 is 26.9. The number of pyridine rings is 1. The predicted octanol–water partition coefficient (Wildman–Crippen LogP) is 3.43. The molecule has 6 nitrogen and oxygen atoms in total. The number of halogens is 2. The molecule has 3 amide bonds. The van der Waals surface area contributed by atoms with Gasteiger partial charge < -0.3 is 5.32 Å². The first-order chi connectivity index (χ1) is 13.8. The van der Waals surface area contributed by atoms with Crippen LogP contribution < -0.4 is 5.32 Å². The Kier molecular flexibility index (Phi) is 4.64. The van der Waals surface area contributed by atoms with Crippen molar-refractivity contribution in [1.29, 1.82) is 0 Å². The van der Waals surface area contributed by atoms with E-state index in [1.54, 1.807) is 36.5 Å². The van der Waals surface area contributed by atoms with Crippen LogP contribution in [0.4, 0.5) is 13.6 Å². The van der Waals surface area contributed by atoms with E-state index in [0.717, 1.165) is 16.2 Å². The number of amides is 3. The molecule has 1 aromatic carbocycles. The highest BCUT2D eigenvalue weighted by Crippen LogP contribution is 2.41. The van der Waals surface area contributed by atoms with Gasteiger partial charge in [0, 0.05) is 30.2 Å². The maximum absolute atomic E-state index is 13.5. The topological polar surface area (TPSA) is 79.4 Å². The minimum absolute atomic E-state index is 0.131. The summed E-state index contributed by atoms with van der Waals surface area (Å²) in [6.45, 7) is -0.425. The molecule has 2 fully saturated rings. The van der Waals surface area contributed by atoms with Crippen molar-refractivity contribution < 1.29 is 23.2 Å². The van der Waals surface area contributed by atoms with E-state index in [9.17, 15) is 23.2 Å². The lowest BCUT2D eigenvalue weighted by atomic mass is 9.80. The fraction of sp³-hybridized carbons (Fsp3) is 0.333. The van der Waals surface area contributed by atoms with Crippen molar-refractivity contribution in [2.24, 2.45) is 0 Å². The van der Waals surface area contributed by atoms with Gasteiger partial charge in [-0.2, -0.15) is 0 Å². The van der Waals surface area contributed by atoms with E-state index in [4.69, 9.17) is 0 Å². The van der Waals surface area contributed by atoms with E-state index >= 15 is 0 Å². The molecule has 8 heteroatoms. The van der Waals surface area contributed by atoms with Crippen molar-refractivity contribution in [2.45, 2.75) is 37.1 Å². The van der Waals surface area contributed by atoms with Gasteiger partial charge in [-0.25, -0.2) is 13.6 Å². The second kappa shape index (κ2) is 7.02. The molecule has 1 saturated carbocycles. The number of carbonyl (C=O) groups excluding carboxylic acids is 3. The van der Waals surface area contributed by atoms with Crippen LogP contribution in [0.5, 0.6) is 0 Å². The smallest absolute Gasteiger partial charge is 0.323 e. The molecule has 2 aromatic rings. The number of Topliss-reactive ketones (excluding diaryl/α,β-unsaturated/α-hetero) is 1. The number of aromatic nitrogens is 1. The summed E-state index contributed by atoms with van der Waals surface area (Å²) >= 11 is 0. The molecule has 0 radical (unpaired) electrons. The van der Waals surface area contributed by atoms with Crippen LogP contribution in [-0.4, -0.2) is 45.6 Å². The lowest BCUT2D eigenvalue weighted by Gasteiger charge is -2.34. The van der Waals surface area contributed by atoms with Gasteiger partial charge in [0.1, 0.15) is 5.54 Å². The third kappa shape index (κ3) is 3.62. The van der Waals surface area contributed by atoms with Crippen LogP contribution in [0.1, 0.15) is 36.0 Å². The number of carbonyl (C=O) groups is 3. The summed E-state index contributed by atoms with van der Waals surface area (Å²) in [6.07, 6.45) is 0.483. The highest BCUT2D eigenvalue weighted by atomic mass is 19.3. The highest BCUT2D eigenvalue weighted by molar-refractivity contribution is 6.11. The Morgan fingerprint density at radius 3 is 2.34 bits per heavy atom. The van der Waals surface area contributed by atoms with Crippen molar-refractivity contribution in [3.63, 3.8) is 0 Å². The van der Waals surface area contributed by atoms with Crippen LogP contribution in [0.15, 0.2) is 48.7 Å². The Morgan fingerprint density at radius 1 is 1.03 bits per heavy atom. The van der Waals surface area contributed by atoms with Gasteiger partial charge in [0.15, 0.2) is 5.78 Å². The Balaban J connectivity index is 1.46. The number of imide groups is 1. The van der Waals surface area contributed by atoms with E-state index in [0.29, 0.717) is 5.56 Å². The summed E-state index contributed by atoms with van der Waals surface area (Å²) in [7, 11) is 0. The predicted molar refractivity (Wildman–Crippen MR) is 100 cm³/mol. The number of hydrogen-bond donors (Lipinski definition) is 1.